The van der Waals surface area contributed by atoms with E-state index < -0.39 is 18.2 Å². The number of aliphatic hydroxyl groups excluding tert-OH is 1. The highest BCUT2D eigenvalue weighted by Gasteiger charge is 2.22. The maximum Gasteiger partial charge on any atom is 0.281 e. The van der Waals surface area contributed by atoms with Crippen LogP contribution < -0.4 is 17.0 Å². The fourth-order valence-corrected chi connectivity index (χ4v) is 0.703. The van der Waals surface area contributed by atoms with Crippen molar-refractivity contribution in [2.75, 3.05) is 0 Å². The number of rotatable bonds is 2. The summed E-state index contributed by atoms with van der Waals surface area (Å²) < 4.78 is 0. The Morgan fingerprint density at radius 2 is 1.67 bits per heavy atom. The van der Waals surface area contributed by atoms with Crippen molar-refractivity contribution < 1.29 is 37.4 Å². The summed E-state index contributed by atoms with van der Waals surface area (Å²) in [5.41, 5.74) is 0. The lowest BCUT2D eigenvalue weighted by Crippen LogP contribution is -3.00. The maximum atomic E-state index is 8.42. The molecular formula is C3H10BrO4P. The lowest BCUT2D eigenvalue weighted by Gasteiger charge is -2.12. The maximum absolute atomic E-state index is 8.42. The minimum Gasteiger partial charge on any atom is -1.00 e. The second-order valence-corrected chi connectivity index (χ2v) is 2.57. The Kier molecular flexibility index (Phi) is 6.28. The van der Waals surface area contributed by atoms with Gasteiger partial charge in [-0.15, -0.1) is 0 Å². The predicted molar refractivity (Wildman–Crippen MR) is 31.1 cm³/mol. The summed E-state index contributed by atoms with van der Waals surface area (Å²) in [4.78, 5) is 0. The first-order valence-corrected chi connectivity index (χ1v) is 2.92. The standard InChI is InChI=1S/C3H9O4P.BrH/c4-2(8)1-3(5,6)7;/h2,4-7H,1,8H2;1H. The first kappa shape index (κ1) is 12.4. The zero-order valence-corrected chi connectivity index (χ0v) is 7.66. The lowest BCUT2D eigenvalue weighted by molar-refractivity contribution is -0.318. The zero-order chi connectivity index (χ0) is 6.78. The Morgan fingerprint density at radius 3 is 1.67 bits per heavy atom. The number of hydrogen-bond donors (Lipinski definition) is 4. The summed E-state index contributed by atoms with van der Waals surface area (Å²) in [5.74, 6) is -3.60. The molecule has 0 rings (SSSR count). The van der Waals surface area contributed by atoms with Crippen molar-refractivity contribution >= 4 is 9.24 Å². The highest BCUT2D eigenvalue weighted by Crippen LogP contribution is 2.08. The molecule has 0 saturated heterocycles. The van der Waals surface area contributed by atoms with Crippen LogP contribution in [0.25, 0.3) is 0 Å². The van der Waals surface area contributed by atoms with Gasteiger partial charge in [-0.05, 0) is 0 Å². The number of halogens is 1. The summed E-state index contributed by atoms with van der Waals surface area (Å²) in [5, 5.41) is 32.9. The van der Waals surface area contributed by atoms with Gasteiger partial charge in [0, 0.05) is 9.24 Å². The normalized spacial score (nSPS) is 14.7. The zero-order valence-electron chi connectivity index (χ0n) is 4.66. The molecule has 0 heterocycles. The molecule has 0 aromatic carbocycles. The number of hydrogen-bond acceptors (Lipinski definition) is 4. The van der Waals surface area contributed by atoms with Crippen molar-refractivity contribution in [3.63, 3.8) is 0 Å². The molecule has 4 nitrogen and oxygen atoms in total. The van der Waals surface area contributed by atoms with E-state index in [1.54, 1.807) is 0 Å². The summed E-state index contributed by atoms with van der Waals surface area (Å²) in [6.45, 7) is 0. The molecule has 2 unspecified atom stereocenters. The third-order valence-corrected chi connectivity index (χ3v) is 0.798. The second-order valence-electron chi connectivity index (χ2n) is 1.63. The van der Waals surface area contributed by atoms with Crippen LogP contribution in [0.5, 0.6) is 0 Å². The van der Waals surface area contributed by atoms with Gasteiger partial charge >= 0.3 is 0 Å². The van der Waals surface area contributed by atoms with Gasteiger partial charge < -0.3 is 37.4 Å². The Hall–Kier alpha value is 0.750. The molecule has 0 aliphatic heterocycles. The molecule has 0 aliphatic rings. The Bertz CT molecular complexity index is 70.7. The van der Waals surface area contributed by atoms with Gasteiger partial charge in [-0.2, -0.15) is 0 Å². The molecule has 0 aromatic heterocycles. The predicted octanol–water partition coefficient (Wildman–Crippen LogP) is -5.06. The van der Waals surface area contributed by atoms with E-state index in [-0.39, 0.29) is 17.0 Å². The Morgan fingerprint density at radius 1 is 1.33 bits per heavy atom. The van der Waals surface area contributed by atoms with Crippen molar-refractivity contribution in [1.82, 2.24) is 0 Å². The van der Waals surface area contributed by atoms with Gasteiger partial charge in [0.05, 0.1) is 6.42 Å². The molecule has 0 radical (unpaired) electrons. The van der Waals surface area contributed by atoms with Crippen molar-refractivity contribution in [3.05, 3.63) is 0 Å². The number of aliphatic hydroxyl groups is 4. The van der Waals surface area contributed by atoms with Crippen LogP contribution in [0.15, 0.2) is 0 Å². The molecule has 58 valence electrons. The summed E-state index contributed by atoms with van der Waals surface area (Å²) in [7, 11) is 1.16. The first-order chi connectivity index (χ1) is 3.42. The molecule has 0 bridgehead atoms. The SMILES string of the molecule is OC([PH3+])CC(O)(O)O.[Br-]. The van der Waals surface area contributed by atoms with E-state index in [4.69, 9.17) is 20.4 Å². The highest BCUT2D eigenvalue weighted by molar-refractivity contribution is 7.17. The van der Waals surface area contributed by atoms with E-state index in [9.17, 15) is 0 Å². The third-order valence-electron chi connectivity index (χ3n) is 0.509. The molecule has 0 saturated carbocycles. The van der Waals surface area contributed by atoms with Crippen LogP contribution in [0.1, 0.15) is 6.42 Å². The van der Waals surface area contributed by atoms with Gasteiger partial charge in [0.2, 0.25) is 0 Å². The molecule has 4 N–H and O–H groups in total. The lowest BCUT2D eigenvalue weighted by atomic mass is 10.4. The molecule has 2 atom stereocenters. The van der Waals surface area contributed by atoms with Crippen LogP contribution >= 0.6 is 9.24 Å². The molecule has 0 fully saturated rings. The van der Waals surface area contributed by atoms with E-state index >= 15 is 0 Å². The minimum absolute atomic E-state index is 0. The van der Waals surface area contributed by atoms with E-state index in [0.717, 1.165) is 9.24 Å². The largest absolute Gasteiger partial charge is 1.00 e. The van der Waals surface area contributed by atoms with Crippen LogP contribution in [0.2, 0.25) is 0 Å². The highest BCUT2D eigenvalue weighted by atomic mass is 79.9. The fourth-order valence-electron chi connectivity index (χ4n) is 0.316. The van der Waals surface area contributed by atoms with Gasteiger partial charge in [-0.3, -0.25) is 0 Å². The average Bonchev–Trinajstić information content (AvgIpc) is 1.21. The van der Waals surface area contributed by atoms with Crippen LogP contribution in [0.3, 0.4) is 0 Å². The van der Waals surface area contributed by atoms with Crippen molar-refractivity contribution in [1.29, 1.82) is 0 Å². The fraction of sp³-hybridized carbons (Fsp3) is 1.00. The first-order valence-electron chi connectivity index (χ1n) is 2.10. The van der Waals surface area contributed by atoms with Crippen molar-refractivity contribution in [3.8, 4) is 0 Å². The van der Waals surface area contributed by atoms with Crippen LogP contribution in [0.4, 0.5) is 0 Å². The monoisotopic (exact) mass is 220 g/mol. The summed E-state index contributed by atoms with van der Waals surface area (Å²) >= 11 is 0. The van der Waals surface area contributed by atoms with Gasteiger partial charge in [0.1, 0.15) is 0 Å². The Balaban J connectivity index is 0. The van der Waals surface area contributed by atoms with Crippen molar-refractivity contribution in [2.45, 2.75) is 18.2 Å². The summed E-state index contributed by atoms with van der Waals surface area (Å²) in [6, 6.07) is 0. The molecule has 0 amide bonds. The average molecular weight is 221 g/mol. The second kappa shape index (κ2) is 4.55. The topological polar surface area (TPSA) is 80.9 Å². The molecule has 0 aliphatic carbocycles. The third kappa shape index (κ3) is 12.1. The molecule has 6 heteroatoms. The van der Waals surface area contributed by atoms with Crippen LogP contribution in [-0.2, 0) is 0 Å². The quantitative estimate of drug-likeness (QED) is 0.278. The summed E-state index contributed by atoms with van der Waals surface area (Å²) in [6.07, 6.45) is -0.439. The molecular weight excluding hydrogens is 211 g/mol. The molecule has 0 spiro atoms. The van der Waals surface area contributed by atoms with E-state index in [0.29, 0.717) is 0 Å². The van der Waals surface area contributed by atoms with E-state index in [2.05, 4.69) is 0 Å². The van der Waals surface area contributed by atoms with Gasteiger partial charge in [-0.25, -0.2) is 0 Å². The van der Waals surface area contributed by atoms with Gasteiger partial charge in [0.15, 0.2) is 5.85 Å². The Labute approximate surface area is 65.5 Å². The molecule has 9 heavy (non-hydrogen) atoms. The minimum atomic E-state index is -2.72. The van der Waals surface area contributed by atoms with Gasteiger partial charge in [0.25, 0.3) is 5.97 Å². The van der Waals surface area contributed by atoms with E-state index in [1.807, 2.05) is 0 Å². The van der Waals surface area contributed by atoms with Crippen molar-refractivity contribution in [2.24, 2.45) is 0 Å². The van der Waals surface area contributed by atoms with Crippen LogP contribution in [0, 0.1) is 0 Å². The van der Waals surface area contributed by atoms with E-state index in [1.165, 1.54) is 0 Å². The van der Waals surface area contributed by atoms with Crippen LogP contribution in [-0.4, -0.2) is 32.2 Å². The molecule has 0 aromatic rings. The smallest absolute Gasteiger partial charge is 0.281 e. The van der Waals surface area contributed by atoms with Gasteiger partial charge in [-0.1, -0.05) is 0 Å².